The largest absolute Gasteiger partial charge is 0.454 e. The van der Waals surface area contributed by atoms with E-state index in [9.17, 15) is 18.0 Å². The second-order valence-electron chi connectivity index (χ2n) is 6.32. The molecule has 3 rings (SSSR count). The van der Waals surface area contributed by atoms with Gasteiger partial charge in [0.15, 0.2) is 12.4 Å². The third-order valence-electron chi connectivity index (χ3n) is 4.26. The highest BCUT2D eigenvalue weighted by atomic mass is 32.2. The van der Waals surface area contributed by atoms with Crippen LogP contribution in [0.2, 0.25) is 0 Å². The van der Waals surface area contributed by atoms with Crippen LogP contribution in [0.4, 0.5) is 5.69 Å². The number of nitrogens with zero attached hydrogens (tertiary/aromatic N) is 1. The van der Waals surface area contributed by atoms with E-state index in [-0.39, 0.29) is 18.4 Å². The highest BCUT2D eigenvalue weighted by molar-refractivity contribution is 7.92. The molecule has 26 heavy (non-hydrogen) atoms. The molecular weight excluding hydrogens is 354 g/mol. The molecule has 2 aromatic carbocycles. The number of sulfonamides is 1. The standard InChI is InChI=1S/C19H19NO5S/c1-13-10-16-11-15(8-9-17(16)20(13)26(2,23)24)19(22)25-12-18(21)14-6-4-3-5-7-14/h3-9,11,13H,10,12H2,1-2H3/t13-/m0/s1. The molecule has 1 aliphatic rings. The average molecular weight is 373 g/mol. The van der Waals surface area contributed by atoms with Crippen molar-refractivity contribution in [2.75, 3.05) is 17.2 Å². The van der Waals surface area contributed by atoms with Gasteiger partial charge in [-0.3, -0.25) is 9.10 Å². The molecule has 6 nitrogen and oxygen atoms in total. The predicted molar refractivity (Wildman–Crippen MR) is 98.0 cm³/mol. The third kappa shape index (κ3) is 3.62. The van der Waals surface area contributed by atoms with Gasteiger partial charge in [0.05, 0.1) is 17.5 Å². The Balaban J connectivity index is 1.72. The summed E-state index contributed by atoms with van der Waals surface area (Å²) in [6.45, 7) is 1.48. The lowest BCUT2D eigenvalue weighted by Crippen LogP contribution is -2.34. The van der Waals surface area contributed by atoms with Crippen LogP contribution in [0.15, 0.2) is 48.5 Å². The van der Waals surface area contributed by atoms with Gasteiger partial charge >= 0.3 is 5.97 Å². The van der Waals surface area contributed by atoms with Gasteiger partial charge in [-0.2, -0.15) is 0 Å². The number of hydrogen-bond donors (Lipinski definition) is 0. The molecule has 0 aliphatic carbocycles. The van der Waals surface area contributed by atoms with Gasteiger partial charge in [-0.15, -0.1) is 0 Å². The summed E-state index contributed by atoms with van der Waals surface area (Å²) in [6.07, 6.45) is 1.68. The summed E-state index contributed by atoms with van der Waals surface area (Å²) in [4.78, 5) is 24.2. The number of hydrogen-bond acceptors (Lipinski definition) is 5. The van der Waals surface area contributed by atoms with Crippen molar-refractivity contribution in [3.63, 3.8) is 0 Å². The summed E-state index contributed by atoms with van der Waals surface area (Å²) in [5.41, 5.74) is 2.13. The Morgan fingerprint density at radius 2 is 1.81 bits per heavy atom. The summed E-state index contributed by atoms with van der Waals surface area (Å²) in [7, 11) is -3.38. The van der Waals surface area contributed by atoms with E-state index in [1.807, 2.05) is 6.92 Å². The summed E-state index contributed by atoms with van der Waals surface area (Å²) in [5.74, 6) is -0.889. The maximum absolute atomic E-state index is 12.2. The Hall–Kier alpha value is -2.67. The summed E-state index contributed by atoms with van der Waals surface area (Å²) < 4.78 is 30.3. The molecule has 0 fully saturated rings. The Bertz CT molecular complexity index is 953. The molecule has 7 heteroatoms. The molecule has 0 unspecified atom stereocenters. The Morgan fingerprint density at radius 3 is 2.46 bits per heavy atom. The van der Waals surface area contributed by atoms with Crippen molar-refractivity contribution in [2.24, 2.45) is 0 Å². The molecule has 0 saturated heterocycles. The topological polar surface area (TPSA) is 80.8 Å². The molecule has 1 aliphatic heterocycles. The van der Waals surface area contributed by atoms with Crippen LogP contribution in [0, 0.1) is 0 Å². The minimum atomic E-state index is -3.38. The zero-order valence-electron chi connectivity index (χ0n) is 14.5. The van der Waals surface area contributed by atoms with E-state index in [4.69, 9.17) is 4.74 Å². The van der Waals surface area contributed by atoms with Crippen molar-refractivity contribution < 1.29 is 22.7 Å². The van der Waals surface area contributed by atoms with E-state index < -0.39 is 16.0 Å². The predicted octanol–water partition coefficient (Wildman–Crippen LogP) is 2.44. The van der Waals surface area contributed by atoms with Crippen LogP contribution in [0.1, 0.15) is 33.2 Å². The summed E-state index contributed by atoms with van der Waals surface area (Å²) in [5, 5.41) is 0. The van der Waals surface area contributed by atoms with Crippen molar-refractivity contribution >= 4 is 27.5 Å². The fourth-order valence-electron chi connectivity index (χ4n) is 3.16. The first-order valence-electron chi connectivity index (χ1n) is 8.15. The number of rotatable bonds is 5. The van der Waals surface area contributed by atoms with Crippen LogP contribution in [-0.4, -0.2) is 39.1 Å². The third-order valence-corrected chi connectivity index (χ3v) is 5.53. The first kappa shape index (κ1) is 18.1. The number of esters is 1. The lowest BCUT2D eigenvalue weighted by molar-refractivity contribution is 0.0474. The average Bonchev–Trinajstić information content (AvgIpc) is 2.95. The SMILES string of the molecule is C[C@H]1Cc2cc(C(=O)OCC(=O)c3ccccc3)ccc2N1S(C)(=O)=O. The van der Waals surface area contributed by atoms with Crippen LogP contribution in [0.5, 0.6) is 0 Å². The number of Topliss-reactive ketones (excluding diaryl/α,β-unsaturated/α-hetero) is 1. The van der Waals surface area contributed by atoms with E-state index in [0.29, 0.717) is 23.2 Å². The first-order chi connectivity index (χ1) is 12.3. The van der Waals surface area contributed by atoms with Crippen molar-refractivity contribution in [1.82, 2.24) is 0 Å². The second kappa shape index (κ2) is 6.92. The number of ketones is 1. The number of carbonyl (C=O) groups is 2. The Labute approximate surface area is 152 Å². The van der Waals surface area contributed by atoms with Gasteiger partial charge in [0.2, 0.25) is 10.0 Å². The van der Waals surface area contributed by atoms with Gasteiger partial charge < -0.3 is 4.74 Å². The summed E-state index contributed by atoms with van der Waals surface area (Å²) in [6, 6.07) is 13.2. The van der Waals surface area contributed by atoms with Gasteiger partial charge in [-0.05, 0) is 37.1 Å². The van der Waals surface area contributed by atoms with Crippen LogP contribution < -0.4 is 4.31 Å². The van der Waals surface area contributed by atoms with Crippen molar-refractivity contribution in [3.05, 3.63) is 65.2 Å². The van der Waals surface area contributed by atoms with Gasteiger partial charge in [-0.1, -0.05) is 30.3 Å². The maximum atomic E-state index is 12.2. The van der Waals surface area contributed by atoms with Gasteiger partial charge in [0.1, 0.15) is 0 Å². The first-order valence-corrected chi connectivity index (χ1v) is 10.00. The Morgan fingerprint density at radius 1 is 1.12 bits per heavy atom. The minimum absolute atomic E-state index is 0.203. The molecule has 2 aromatic rings. The van der Waals surface area contributed by atoms with E-state index in [2.05, 4.69) is 0 Å². The molecule has 0 spiro atoms. The Kier molecular flexibility index (Phi) is 4.82. The second-order valence-corrected chi connectivity index (χ2v) is 8.18. The quantitative estimate of drug-likeness (QED) is 0.594. The number of carbonyl (C=O) groups excluding carboxylic acids is 2. The van der Waals surface area contributed by atoms with E-state index in [1.54, 1.807) is 42.5 Å². The van der Waals surface area contributed by atoms with E-state index >= 15 is 0 Å². The van der Waals surface area contributed by atoms with Gasteiger partial charge in [0, 0.05) is 11.6 Å². The molecule has 0 amide bonds. The van der Waals surface area contributed by atoms with Crippen molar-refractivity contribution in [2.45, 2.75) is 19.4 Å². The number of benzene rings is 2. The van der Waals surface area contributed by atoms with Crippen LogP contribution >= 0.6 is 0 Å². The minimum Gasteiger partial charge on any atom is -0.454 e. The number of anilines is 1. The van der Waals surface area contributed by atoms with Crippen molar-refractivity contribution in [1.29, 1.82) is 0 Å². The molecule has 0 N–H and O–H groups in total. The van der Waals surface area contributed by atoms with E-state index in [0.717, 1.165) is 11.8 Å². The molecule has 1 heterocycles. The van der Waals surface area contributed by atoms with Gasteiger partial charge in [0.25, 0.3) is 0 Å². The summed E-state index contributed by atoms with van der Waals surface area (Å²) >= 11 is 0. The van der Waals surface area contributed by atoms with Crippen LogP contribution in [0.25, 0.3) is 0 Å². The fraction of sp³-hybridized carbons (Fsp3) is 0.263. The fourth-order valence-corrected chi connectivity index (χ4v) is 4.42. The molecule has 0 radical (unpaired) electrons. The van der Waals surface area contributed by atoms with Crippen LogP contribution in [0.3, 0.4) is 0 Å². The molecule has 0 saturated carbocycles. The molecule has 0 bridgehead atoms. The normalized spacial score (nSPS) is 16.2. The van der Waals surface area contributed by atoms with Crippen molar-refractivity contribution in [3.8, 4) is 0 Å². The number of ether oxygens (including phenoxy) is 1. The highest BCUT2D eigenvalue weighted by Gasteiger charge is 2.32. The molecule has 136 valence electrons. The smallest absolute Gasteiger partial charge is 0.338 e. The zero-order valence-corrected chi connectivity index (χ0v) is 15.3. The molecule has 1 atom stereocenters. The highest BCUT2D eigenvalue weighted by Crippen LogP contribution is 2.34. The number of fused-ring (bicyclic) bond motifs is 1. The molecular formula is C19H19NO5S. The zero-order chi connectivity index (χ0) is 18.9. The van der Waals surface area contributed by atoms with Gasteiger partial charge in [-0.25, -0.2) is 13.2 Å². The monoisotopic (exact) mass is 373 g/mol. The lowest BCUT2D eigenvalue weighted by atomic mass is 10.1. The molecule has 0 aromatic heterocycles. The van der Waals surface area contributed by atoms with E-state index in [1.165, 1.54) is 10.4 Å². The lowest BCUT2D eigenvalue weighted by Gasteiger charge is -2.21. The maximum Gasteiger partial charge on any atom is 0.338 e. The van der Waals surface area contributed by atoms with Crippen LogP contribution in [-0.2, 0) is 21.2 Å².